The number of nitrogen functional groups attached to an aromatic ring is 1. The van der Waals surface area contributed by atoms with Gasteiger partial charge in [0.2, 0.25) is 5.88 Å². The summed E-state index contributed by atoms with van der Waals surface area (Å²) in [4.78, 5) is 52.9. The van der Waals surface area contributed by atoms with Crippen LogP contribution in [0.15, 0.2) is 9.59 Å². The smallest absolute Gasteiger partial charge is 0.334 e. The maximum atomic E-state index is 13.2. The van der Waals surface area contributed by atoms with Gasteiger partial charge in [-0.05, 0) is 57.3 Å². The zero-order valence-electron chi connectivity index (χ0n) is 21.1. The summed E-state index contributed by atoms with van der Waals surface area (Å²) in [6.45, 7) is 4.02. The third-order valence-electron chi connectivity index (χ3n) is 8.32. The SMILES string of the molecule is CCCCn1c(O)c(C(=N)N)c(=O)n(C2CCC3(CC2)CC(N2C(=O)NC(=O)[C@@]2(C)COC)C3)c1=O. The molecule has 36 heavy (non-hydrogen) atoms. The van der Waals surface area contributed by atoms with Crippen molar-refractivity contribution in [2.75, 3.05) is 13.7 Å². The van der Waals surface area contributed by atoms with Crippen molar-refractivity contribution in [1.82, 2.24) is 19.4 Å². The van der Waals surface area contributed by atoms with Crippen LogP contribution in [0.4, 0.5) is 4.79 Å². The third kappa shape index (κ3) is 4.00. The van der Waals surface area contributed by atoms with Crippen LogP contribution in [0.3, 0.4) is 0 Å². The number of imide groups is 1. The second-order valence-electron chi connectivity index (χ2n) is 10.7. The molecule has 3 amide bonds. The van der Waals surface area contributed by atoms with E-state index in [9.17, 15) is 24.3 Å². The molecule has 2 saturated carbocycles. The number of hydrogen-bond donors (Lipinski definition) is 4. The molecule has 5 N–H and O–H groups in total. The van der Waals surface area contributed by atoms with E-state index in [1.54, 1.807) is 11.8 Å². The number of hydrogen-bond acceptors (Lipinski definition) is 7. The molecular weight excluding hydrogens is 468 g/mol. The first-order valence-corrected chi connectivity index (χ1v) is 12.6. The minimum absolute atomic E-state index is 0.0216. The van der Waals surface area contributed by atoms with Gasteiger partial charge in [0.05, 0.1) is 6.61 Å². The number of carbonyl (C=O) groups is 2. The maximum absolute atomic E-state index is 13.2. The Hall–Kier alpha value is -3.15. The minimum Gasteiger partial charge on any atom is -0.494 e. The topological polar surface area (TPSA) is 173 Å². The number of unbranched alkanes of at least 4 members (excludes halogenated alkanes) is 1. The number of aromatic hydroxyl groups is 1. The highest BCUT2D eigenvalue weighted by atomic mass is 16.5. The second-order valence-corrected chi connectivity index (χ2v) is 10.7. The Balaban J connectivity index is 1.52. The molecule has 12 heteroatoms. The van der Waals surface area contributed by atoms with Gasteiger partial charge >= 0.3 is 11.7 Å². The molecule has 1 atom stereocenters. The van der Waals surface area contributed by atoms with Gasteiger partial charge in [-0.2, -0.15) is 0 Å². The molecule has 0 bridgehead atoms. The van der Waals surface area contributed by atoms with Crippen molar-refractivity contribution in [2.45, 2.75) is 89.4 Å². The molecule has 1 aliphatic heterocycles. The largest absolute Gasteiger partial charge is 0.494 e. The molecule has 2 heterocycles. The lowest BCUT2D eigenvalue weighted by Crippen LogP contribution is -2.61. The Morgan fingerprint density at radius 2 is 1.83 bits per heavy atom. The number of urea groups is 1. The summed E-state index contributed by atoms with van der Waals surface area (Å²) < 4.78 is 7.54. The van der Waals surface area contributed by atoms with Crippen molar-refractivity contribution >= 4 is 17.8 Å². The zero-order chi connectivity index (χ0) is 26.4. The summed E-state index contributed by atoms with van der Waals surface area (Å²) in [6.07, 6.45) is 5.58. The average molecular weight is 505 g/mol. The lowest BCUT2D eigenvalue weighted by atomic mass is 9.57. The van der Waals surface area contributed by atoms with E-state index in [0.717, 1.165) is 41.2 Å². The number of ether oxygens (including phenoxy) is 1. The summed E-state index contributed by atoms with van der Waals surface area (Å²) in [5, 5.41) is 20.7. The number of aromatic nitrogens is 2. The number of amides is 3. The lowest BCUT2D eigenvalue weighted by Gasteiger charge is -2.55. The fourth-order valence-electron chi connectivity index (χ4n) is 6.35. The molecule has 0 aromatic carbocycles. The van der Waals surface area contributed by atoms with E-state index in [4.69, 9.17) is 15.9 Å². The maximum Gasteiger partial charge on any atom is 0.334 e. The number of rotatable bonds is 8. The van der Waals surface area contributed by atoms with Gasteiger partial charge in [0, 0.05) is 25.7 Å². The highest BCUT2D eigenvalue weighted by Crippen LogP contribution is 2.56. The van der Waals surface area contributed by atoms with E-state index in [2.05, 4.69) is 5.32 Å². The molecule has 3 aliphatic rings. The van der Waals surface area contributed by atoms with Gasteiger partial charge in [-0.15, -0.1) is 0 Å². The summed E-state index contributed by atoms with van der Waals surface area (Å²) in [7, 11) is 1.50. The van der Waals surface area contributed by atoms with Gasteiger partial charge in [0.15, 0.2) is 0 Å². The Kier molecular flexibility index (Phi) is 6.76. The quantitative estimate of drug-likeness (QED) is 0.232. The Labute approximate surface area is 208 Å². The lowest BCUT2D eigenvalue weighted by molar-refractivity contribution is -0.132. The summed E-state index contributed by atoms with van der Waals surface area (Å²) in [6, 6.07) is -0.843. The molecule has 1 saturated heterocycles. The predicted octanol–water partition coefficient (Wildman–Crippen LogP) is 1.02. The van der Waals surface area contributed by atoms with Crippen molar-refractivity contribution in [3.8, 4) is 5.88 Å². The molecule has 1 spiro atoms. The number of nitrogens with one attached hydrogen (secondary N) is 2. The van der Waals surface area contributed by atoms with Crippen LogP contribution in [-0.2, 0) is 16.1 Å². The first-order chi connectivity index (χ1) is 17.0. The van der Waals surface area contributed by atoms with E-state index in [1.165, 1.54) is 7.11 Å². The van der Waals surface area contributed by atoms with E-state index in [-0.39, 0.29) is 42.1 Å². The van der Waals surface area contributed by atoms with Gasteiger partial charge < -0.3 is 20.5 Å². The Morgan fingerprint density at radius 1 is 1.19 bits per heavy atom. The highest BCUT2D eigenvalue weighted by molar-refractivity contribution is 6.07. The van der Waals surface area contributed by atoms with E-state index >= 15 is 0 Å². The molecule has 2 aliphatic carbocycles. The van der Waals surface area contributed by atoms with Crippen molar-refractivity contribution in [1.29, 1.82) is 5.41 Å². The standard InChI is InChI=1S/C24H36N6O6/c1-4-5-10-28-18(31)16(17(25)26)19(32)29(22(28)35)14-6-8-24(9-7-14)11-15(12-24)30-21(34)27-20(33)23(30,2)13-36-3/h14-15,31H,4-13H2,1-3H3,(H3,25,26)(H,27,33,34)/t14?,15?,23-,24?/m1/s1. The average Bonchev–Trinajstić information content (AvgIpc) is 3.00. The van der Waals surface area contributed by atoms with Gasteiger partial charge in [0.1, 0.15) is 16.9 Å². The fourth-order valence-corrected chi connectivity index (χ4v) is 6.35. The number of methoxy groups -OCH3 is 1. The Bertz CT molecular complexity index is 1190. The van der Waals surface area contributed by atoms with E-state index in [0.29, 0.717) is 19.3 Å². The zero-order valence-corrected chi connectivity index (χ0v) is 21.1. The monoisotopic (exact) mass is 504 g/mol. The van der Waals surface area contributed by atoms with Crippen molar-refractivity contribution in [3.05, 3.63) is 26.4 Å². The van der Waals surface area contributed by atoms with Crippen molar-refractivity contribution < 1.29 is 19.4 Å². The van der Waals surface area contributed by atoms with Crippen LogP contribution in [0.2, 0.25) is 0 Å². The molecule has 4 rings (SSSR count). The molecule has 0 radical (unpaired) electrons. The summed E-state index contributed by atoms with van der Waals surface area (Å²) >= 11 is 0. The number of nitrogens with two attached hydrogens (primary N) is 1. The van der Waals surface area contributed by atoms with E-state index < -0.39 is 34.5 Å². The first kappa shape index (κ1) is 25.9. The molecule has 1 aromatic rings. The molecule has 0 unspecified atom stereocenters. The van der Waals surface area contributed by atoms with Gasteiger partial charge in [-0.25, -0.2) is 9.59 Å². The van der Waals surface area contributed by atoms with Crippen LogP contribution in [0, 0.1) is 10.8 Å². The van der Waals surface area contributed by atoms with E-state index in [1.807, 2.05) is 6.92 Å². The molecule has 198 valence electrons. The Morgan fingerprint density at radius 3 is 2.39 bits per heavy atom. The van der Waals surface area contributed by atoms with Crippen molar-refractivity contribution in [2.24, 2.45) is 11.1 Å². The predicted molar refractivity (Wildman–Crippen MR) is 131 cm³/mol. The van der Waals surface area contributed by atoms with Crippen LogP contribution < -0.4 is 22.3 Å². The summed E-state index contributed by atoms with van der Waals surface area (Å²) in [5.41, 5.74) is 2.89. The highest BCUT2D eigenvalue weighted by Gasteiger charge is 2.58. The normalized spacial score (nSPS) is 29.9. The van der Waals surface area contributed by atoms with Crippen LogP contribution in [0.1, 0.15) is 76.8 Å². The van der Waals surface area contributed by atoms with Gasteiger partial charge in [0.25, 0.3) is 11.5 Å². The minimum atomic E-state index is -1.04. The van der Waals surface area contributed by atoms with Crippen LogP contribution >= 0.6 is 0 Å². The number of nitrogens with zero attached hydrogens (tertiary/aromatic N) is 3. The third-order valence-corrected chi connectivity index (χ3v) is 8.32. The van der Waals surface area contributed by atoms with Crippen LogP contribution in [0.5, 0.6) is 5.88 Å². The first-order valence-electron chi connectivity index (χ1n) is 12.6. The van der Waals surface area contributed by atoms with Crippen molar-refractivity contribution in [3.63, 3.8) is 0 Å². The molecule has 12 nitrogen and oxygen atoms in total. The fraction of sp³-hybridized carbons (Fsp3) is 0.708. The van der Waals surface area contributed by atoms with Gasteiger partial charge in [-0.1, -0.05) is 13.3 Å². The van der Waals surface area contributed by atoms with Crippen LogP contribution in [-0.4, -0.2) is 62.2 Å². The molecular formula is C24H36N6O6. The van der Waals surface area contributed by atoms with Crippen LogP contribution in [0.25, 0.3) is 0 Å². The second kappa shape index (κ2) is 9.38. The number of carbonyl (C=O) groups excluding carboxylic acids is 2. The summed E-state index contributed by atoms with van der Waals surface area (Å²) in [5.74, 6) is -1.47. The molecule has 3 fully saturated rings. The molecule has 1 aromatic heterocycles. The van der Waals surface area contributed by atoms with Gasteiger partial charge in [-0.3, -0.25) is 29.4 Å². The number of amidine groups is 1.